The number of amides is 1. The van der Waals surface area contributed by atoms with Gasteiger partial charge >= 0.3 is 6.18 Å². The first kappa shape index (κ1) is 16.3. The number of para-hydroxylation sites is 2. The predicted octanol–water partition coefficient (Wildman–Crippen LogP) is 2.69. The van der Waals surface area contributed by atoms with Gasteiger partial charge in [-0.25, -0.2) is 0 Å². The lowest BCUT2D eigenvalue weighted by Crippen LogP contribution is -2.35. The number of rotatable bonds is 6. The molecular formula is C13H17F3N2O2. The Hall–Kier alpha value is -1.76. The van der Waals surface area contributed by atoms with Gasteiger partial charge in [0.15, 0.2) is 6.61 Å². The Morgan fingerprint density at radius 2 is 2.05 bits per heavy atom. The highest BCUT2D eigenvalue weighted by molar-refractivity contribution is 5.95. The Bertz CT molecular complexity index is 449. The molecule has 20 heavy (non-hydrogen) atoms. The van der Waals surface area contributed by atoms with Gasteiger partial charge < -0.3 is 15.8 Å². The second-order valence-electron chi connectivity index (χ2n) is 4.28. The van der Waals surface area contributed by atoms with Crippen LogP contribution in [0.15, 0.2) is 24.3 Å². The van der Waals surface area contributed by atoms with Gasteiger partial charge in [0.2, 0.25) is 5.91 Å². The lowest BCUT2D eigenvalue weighted by molar-refractivity contribution is -0.153. The molecule has 0 aromatic heterocycles. The number of ether oxygens (including phenoxy) is 1. The Labute approximate surface area is 115 Å². The average molecular weight is 290 g/mol. The molecule has 112 valence electrons. The fourth-order valence-corrected chi connectivity index (χ4v) is 1.52. The molecule has 1 rings (SSSR count). The maximum atomic E-state index is 12.1. The number of nitrogens with one attached hydrogen (secondary N) is 1. The van der Waals surface area contributed by atoms with Gasteiger partial charge in [0.1, 0.15) is 5.75 Å². The molecule has 0 fully saturated rings. The van der Waals surface area contributed by atoms with E-state index in [9.17, 15) is 18.0 Å². The van der Waals surface area contributed by atoms with Crippen molar-refractivity contribution in [1.29, 1.82) is 0 Å². The predicted molar refractivity (Wildman–Crippen MR) is 69.5 cm³/mol. The minimum atomic E-state index is -4.43. The first-order valence-corrected chi connectivity index (χ1v) is 6.18. The Morgan fingerprint density at radius 1 is 1.40 bits per heavy atom. The van der Waals surface area contributed by atoms with Crippen LogP contribution in [0.25, 0.3) is 0 Å². The molecule has 1 amide bonds. The quantitative estimate of drug-likeness (QED) is 0.846. The highest BCUT2D eigenvalue weighted by atomic mass is 19.4. The molecule has 0 aliphatic heterocycles. The van der Waals surface area contributed by atoms with E-state index in [1.807, 2.05) is 6.92 Å². The van der Waals surface area contributed by atoms with Gasteiger partial charge in [-0.2, -0.15) is 13.2 Å². The van der Waals surface area contributed by atoms with E-state index in [1.165, 1.54) is 18.2 Å². The number of carbonyl (C=O) groups excluding carboxylic acids is 1. The molecule has 4 nitrogen and oxygen atoms in total. The van der Waals surface area contributed by atoms with E-state index >= 15 is 0 Å². The van der Waals surface area contributed by atoms with Gasteiger partial charge in [-0.1, -0.05) is 25.5 Å². The van der Waals surface area contributed by atoms with Crippen LogP contribution in [0.3, 0.4) is 0 Å². The molecule has 3 N–H and O–H groups in total. The van der Waals surface area contributed by atoms with Crippen LogP contribution in [0.1, 0.15) is 19.8 Å². The minimum absolute atomic E-state index is 0.0399. The van der Waals surface area contributed by atoms with Crippen LogP contribution in [0, 0.1) is 0 Å². The lowest BCUT2D eigenvalue weighted by Gasteiger charge is -2.15. The van der Waals surface area contributed by atoms with E-state index in [0.29, 0.717) is 6.42 Å². The molecule has 0 aliphatic carbocycles. The van der Waals surface area contributed by atoms with E-state index in [1.54, 1.807) is 6.07 Å². The molecule has 0 saturated heterocycles. The summed E-state index contributed by atoms with van der Waals surface area (Å²) in [6.45, 7) is 0.467. The van der Waals surface area contributed by atoms with Crippen molar-refractivity contribution < 1.29 is 22.7 Å². The lowest BCUT2D eigenvalue weighted by atomic mass is 10.1. The van der Waals surface area contributed by atoms with Crippen LogP contribution in [0.4, 0.5) is 18.9 Å². The topological polar surface area (TPSA) is 64.4 Å². The number of carbonyl (C=O) groups is 1. The summed E-state index contributed by atoms with van der Waals surface area (Å²) in [5.74, 6) is -0.489. The molecule has 0 saturated carbocycles. The summed E-state index contributed by atoms with van der Waals surface area (Å²) in [5, 5.41) is 2.48. The number of hydrogen-bond acceptors (Lipinski definition) is 3. The average Bonchev–Trinajstić information content (AvgIpc) is 2.37. The maximum Gasteiger partial charge on any atom is 0.422 e. The third-order valence-electron chi connectivity index (χ3n) is 2.47. The Morgan fingerprint density at radius 3 is 2.65 bits per heavy atom. The highest BCUT2D eigenvalue weighted by Gasteiger charge is 2.29. The van der Waals surface area contributed by atoms with Gasteiger partial charge in [0, 0.05) is 0 Å². The SMILES string of the molecule is CCC[C@H](N)C(=O)Nc1ccccc1OCC(F)(F)F. The van der Waals surface area contributed by atoms with Crippen molar-refractivity contribution in [1.82, 2.24) is 0 Å². The fourth-order valence-electron chi connectivity index (χ4n) is 1.52. The number of nitrogens with two attached hydrogens (primary N) is 1. The molecule has 0 unspecified atom stereocenters. The van der Waals surface area contributed by atoms with Gasteiger partial charge in [0.25, 0.3) is 0 Å². The Kier molecular flexibility index (Phi) is 5.82. The van der Waals surface area contributed by atoms with Crippen molar-refractivity contribution in [2.24, 2.45) is 5.73 Å². The zero-order chi connectivity index (χ0) is 15.2. The van der Waals surface area contributed by atoms with Crippen LogP contribution in [0.5, 0.6) is 5.75 Å². The van der Waals surface area contributed by atoms with Crippen molar-refractivity contribution in [3.05, 3.63) is 24.3 Å². The first-order chi connectivity index (χ1) is 9.33. The third kappa shape index (κ3) is 5.48. The number of hydrogen-bond donors (Lipinski definition) is 2. The van der Waals surface area contributed by atoms with E-state index in [2.05, 4.69) is 10.1 Å². The number of benzene rings is 1. The molecule has 7 heteroatoms. The second-order valence-corrected chi connectivity index (χ2v) is 4.28. The zero-order valence-electron chi connectivity index (χ0n) is 11.0. The van der Waals surface area contributed by atoms with Crippen LogP contribution >= 0.6 is 0 Å². The Balaban J connectivity index is 2.72. The molecule has 1 aromatic carbocycles. The van der Waals surface area contributed by atoms with E-state index in [-0.39, 0.29) is 11.4 Å². The molecule has 0 radical (unpaired) electrons. The van der Waals surface area contributed by atoms with Gasteiger partial charge in [-0.15, -0.1) is 0 Å². The normalized spacial score (nSPS) is 12.8. The van der Waals surface area contributed by atoms with Gasteiger partial charge in [-0.05, 0) is 18.6 Å². The van der Waals surface area contributed by atoms with Gasteiger partial charge in [0.05, 0.1) is 11.7 Å². The molecule has 0 heterocycles. The summed E-state index contributed by atoms with van der Waals surface area (Å²) in [7, 11) is 0. The minimum Gasteiger partial charge on any atom is -0.482 e. The number of anilines is 1. The molecule has 1 aromatic rings. The molecule has 0 aliphatic rings. The summed E-state index contributed by atoms with van der Waals surface area (Å²) >= 11 is 0. The van der Waals surface area contributed by atoms with Crippen LogP contribution in [0.2, 0.25) is 0 Å². The maximum absolute atomic E-state index is 12.1. The molecular weight excluding hydrogens is 273 g/mol. The van der Waals surface area contributed by atoms with Crippen molar-refractivity contribution in [2.75, 3.05) is 11.9 Å². The molecule has 0 bridgehead atoms. The summed E-state index contributed by atoms with van der Waals surface area (Å²) in [4.78, 5) is 11.7. The summed E-state index contributed by atoms with van der Waals surface area (Å²) < 4.78 is 41.1. The summed E-state index contributed by atoms with van der Waals surface area (Å²) in [6.07, 6.45) is -3.20. The van der Waals surface area contributed by atoms with Crippen LogP contribution in [-0.2, 0) is 4.79 Å². The van der Waals surface area contributed by atoms with E-state index in [4.69, 9.17) is 5.73 Å². The van der Waals surface area contributed by atoms with E-state index < -0.39 is 24.7 Å². The first-order valence-electron chi connectivity index (χ1n) is 6.18. The highest BCUT2D eigenvalue weighted by Crippen LogP contribution is 2.26. The number of alkyl halides is 3. The number of halogens is 3. The van der Waals surface area contributed by atoms with Gasteiger partial charge in [-0.3, -0.25) is 4.79 Å². The van der Waals surface area contributed by atoms with E-state index in [0.717, 1.165) is 6.42 Å². The van der Waals surface area contributed by atoms with Crippen LogP contribution < -0.4 is 15.8 Å². The van der Waals surface area contributed by atoms with Crippen molar-refractivity contribution in [3.8, 4) is 5.75 Å². The third-order valence-corrected chi connectivity index (χ3v) is 2.47. The monoisotopic (exact) mass is 290 g/mol. The van der Waals surface area contributed by atoms with Crippen molar-refractivity contribution in [3.63, 3.8) is 0 Å². The standard InChI is InChI=1S/C13H17F3N2O2/c1-2-5-9(17)12(19)18-10-6-3-4-7-11(10)20-8-13(14,15)16/h3-4,6-7,9H,2,5,8,17H2,1H3,(H,18,19)/t9-/m0/s1. The fraction of sp³-hybridized carbons (Fsp3) is 0.462. The summed E-state index contributed by atoms with van der Waals surface area (Å²) in [5.41, 5.74) is 5.81. The van der Waals surface area contributed by atoms with Crippen molar-refractivity contribution in [2.45, 2.75) is 32.0 Å². The smallest absolute Gasteiger partial charge is 0.422 e. The summed E-state index contributed by atoms with van der Waals surface area (Å²) in [6, 6.07) is 5.22. The van der Waals surface area contributed by atoms with Crippen LogP contribution in [-0.4, -0.2) is 24.7 Å². The molecule has 0 spiro atoms. The largest absolute Gasteiger partial charge is 0.482 e. The zero-order valence-corrected chi connectivity index (χ0v) is 11.0. The van der Waals surface area contributed by atoms with Crippen molar-refractivity contribution >= 4 is 11.6 Å². The second kappa shape index (κ2) is 7.14. The molecule has 1 atom stereocenters.